The van der Waals surface area contributed by atoms with Crippen molar-refractivity contribution in [3.63, 3.8) is 0 Å². The van der Waals surface area contributed by atoms with Crippen molar-refractivity contribution in [3.05, 3.63) is 66.0 Å². The molecular formula is C20H22N6O. The monoisotopic (exact) mass is 362 g/mol. The smallest absolute Gasteiger partial charge is 0.232 e. The van der Waals surface area contributed by atoms with Crippen molar-refractivity contribution in [1.82, 2.24) is 15.0 Å². The van der Waals surface area contributed by atoms with Crippen molar-refractivity contribution in [3.8, 4) is 0 Å². The molecule has 7 nitrogen and oxygen atoms in total. The number of nitrogen functional groups attached to an aromatic ring is 1. The molecule has 3 aromatic rings. The molecule has 7 heteroatoms. The number of para-hydroxylation sites is 1. The van der Waals surface area contributed by atoms with Crippen molar-refractivity contribution in [1.29, 1.82) is 0 Å². The van der Waals surface area contributed by atoms with Crippen LogP contribution in [0.15, 0.2) is 54.6 Å². The number of hydrogen-bond donors (Lipinski definition) is 3. The van der Waals surface area contributed by atoms with Crippen LogP contribution in [0.4, 0.5) is 23.3 Å². The quantitative estimate of drug-likeness (QED) is 0.595. The summed E-state index contributed by atoms with van der Waals surface area (Å²) in [6, 6.07) is 17.4. The summed E-state index contributed by atoms with van der Waals surface area (Å²) < 4.78 is 0. The van der Waals surface area contributed by atoms with E-state index in [2.05, 4.69) is 32.5 Å². The summed E-state index contributed by atoms with van der Waals surface area (Å²) in [6.07, 6.45) is 1.59. The molecule has 0 spiro atoms. The first-order valence-corrected chi connectivity index (χ1v) is 8.83. The minimum atomic E-state index is -0.101. The molecule has 0 saturated carbocycles. The second kappa shape index (κ2) is 8.75. The van der Waals surface area contributed by atoms with E-state index in [0.29, 0.717) is 18.2 Å². The van der Waals surface area contributed by atoms with Crippen LogP contribution < -0.4 is 16.4 Å². The molecule has 27 heavy (non-hydrogen) atoms. The van der Waals surface area contributed by atoms with E-state index in [4.69, 9.17) is 5.73 Å². The minimum absolute atomic E-state index is 0.101. The maximum atomic E-state index is 12.2. The molecule has 0 aliphatic carbocycles. The Morgan fingerprint density at radius 3 is 2.41 bits per heavy atom. The maximum absolute atomic E-state index is 12.2. The Kier molecular flexibility index (Phi) is 5.94. The van der Waals surface area contributed by atoms with Crippen molar-refractivity contribution < 1.29 is 4.79 Å². The predicted molar refractivity (Wildman–Crippen MR) is 107 cm³/mol. The molecule has 0 bridgehead atoms. The van der Waals surface area contributed by atoms with Gasteiger partial charge in [-0.2, -0.15) is 15.0 Å². The number of benzene rings is 2. The molecule has 138 valence electrons. The van der Waals surface area contributed by atoms with Crippen LogP contribution in [0.2, 0.25) is 0 Å². The van der Waals surface area contributed by atoms with Crippen LogP contribution in [-0.2, 0) is 17.6 Å². The molecular weight excluding hydrogens is 340 g/mol. The molecule has 1 heterocycles. The zero-order valence-corrected chi connectivity index (χ0v) is 15.1. The highest BCUT2D eigenvalue weighted by Crippen LogP contribution is 2.14. The Morgan fingerprint density at radius 1 is 0.963 bits per heavy atom. The molecule has 0 fully saturated rings. The van der Waals surface area contributed by atoms with Gasteiger partial charge < -0.3 is 16.4 Å². The van der Waals surface area contributed by atoms with E-state index < -0.39 is 0 Å². The van der Waals surface area contributed by atoms with Gasteiger partial charge in [0.1, 0.15) is 5.82 Å². The lowest BCUT2D eigenvalue weighted by Crippen LogP contribution is -2.14. The van der Waals surface area contributed by atoms with Gasteiger partial charge in [-0.05, 0) is 36.2 Å². The molecule has 4 N–H and O–H groups in total. The van der Waals surface area contributed by atoms with Gasteiger partial charge in [-0.15, -0.1) is 0 Å². The average Bonchev–Trinajstić information content (AvgIpc) is 2.67. The third-order valence-electron chi connectivity index (χ3n) is 3.95. The Labute approximate surface area is 158 Å². The van der Waals surface area contributed by atoms with Gasteiger partial charge in [0.15, 0.2) is 0 Å². The predicted octanol–water partition coefficient (Wildman–Crippen LogP) is 3.33. The Hall–Kier alpha value is -3.48. The fraction of sp³-hybridized carbons (Fsp3) is 0.200. The van der Waals surface area contributed by atoms with Gasteiger partial charge in [0.2, 0.25) is 17.8 Å². The molecule has 0 aliphatic heterocycles. The Bertz CT molecular complexity index is 896. The fourth-order valence-electron chi connectivity index (χ4n) is 2.53. The molecule has 0 unspecified atom stereocenters. The number of carbonyl (C=O) groups is 1. The van der Waals surface area contributed by atoms with Crippen LogP contribution in [0.1, 0.15) is 24.7 Å². The van der Waals surface area contributed by atoms with Gasteiger partial charge in [-0.1, -0.05) is 37.3 Å². The van der Waals surface area contributed by atoms with Crippen LogP contribution in [0.3, 0.4) is 0 Å². The highest BCUT2D eigenvalue weighted by atomic mass is 16.1. The zero-order chi connectivity index (χ0) is 19.1. The lowest BCUT2D eigenvalue weighted by atomic mass is 10.1. The number of amides is 1. The summed E-state index contributed by atoms with van der Waals surface area (Å²) in [7, 11) is 0. The second-order valence-electron chi connectivity index (χ2n) is 6.02. The molecule has 2 aromatic carbocycles. The SMILES string of the molecule is CCc1ccc(NC(=O)CCc2nc(N)nc(Nc3ccccc3)n2)cc1. The zero-order valence-electron chi connectivity index (χ0n) is 15.1. The largest absolute Gasteiger partial charge is 0.368 e. The first-order chi connectivity index (χ1) is 13.1. The summed E-state index contributed by atoms with van der Waals surface area (Å²) in [6.45, 7) is 2.09. The number of rotatable bonds is 7. The molecule has 0 aliphatic rings. The van der Waals surface area contributed by atoms with E-state index in [1.807, 2.05) is 54.6 Å². The number of nitrogens with two attached hydrogens (primary N) is 1. The van der Waals surface area contributed by atoms with Crippen LogP contribution in [0.25, 0.3) is 0 Å². The number of hydrogen-bond acceptors (Lipinski definition) is 6. The van der Waals surface area contributed by atoms with E-state index in [1.54, 1.807) is 0 Å². The second-order valence-corrected chi connectivity index (χ2v) is 6.02. The van der Waals surface area contributed by atoms with E-state index in [-0.39, 0.29) is 18.3 Å². The first kappa shape index (κ1) is 18.3. The normalized spacial score (nSPS) is 10.4. The van der Waals surface area contributed by atoms with Crippen molar-refractivity contribution in [2.75, 3.05) is 16.4 Å². The van der Waals surface area contributed by atoms with Gasteiger partial charge in [0.05, 0.1) is 0 Å². The lowest BCUT2D eigenvalue weighted by Gasteiger charge is -2.08. The summed E-state index contributed by atoms with van der Waals surface area (Å²) in [5.74, 6) is 0.849. The highest BCUT2D eigenvalue weighted by Gasteiger charge is 2.08. The fourth-order valence-corrected chi connectivity index (χ4v) is 2.53. The molecule has 1 aromatic heterocycles. The van der Waals surface area contributed by atoms with Crippen molar-refractivity contribution in [2.45, 2.75) is 26.2 Å². The molecule has 1 amide bonds. The molecule has 0 saturated heterocycles. The average molecular weight is 362 g/mol. The van der Waals surface area contributed by atoms with E-state index in [9.17, 15) is 4.79 Å². The first-order valence-electron chi connectivity index (χ1n) is 8.83. The van der Waals surface area contributed by atoms with Crippen molar-refractivity contribution in [2.24, 2.45) is 0 Å². The van der Waals surface area contributed by atoms with Gasteiger partial charge in [-0.3, -0.25) is 4.79 Å². The number of nitrogens with one attached hydrogen (secondary N) is 2. The number of aryl methyl sites for hydroxylation is 2. The molecule has 0 radical (unpaired) electrons. The van der Waals surface area contributed by atoms with Gasteiger partial charge in [0.25, 0.3) is 0 Å². The van der Waals surface area contributed by atoms with E-state index >= 15 is 0 Å². The minimum Gasteiger partial charge on any atom is -0.368 e. The molecule has 0 atom stereocenters. The summed E-state index contributed by atoms with van der Waals surface area (Å²) in [4.78, 5) is 24.7. The van der Waals surface area contributed by atoms with Gasteiger partial charge >= 0.3 is 0 Å². The summed E-state index contributed by atoms with van der Waals surface area (Å²) >= 11 is 0. The Morgan fingerprint density at radius 2 is 1.70 bits per heavy atom. The van der Waals surface area contributed by atoms with E-state index in [1.165, 1.54) is 5.56 Å². The highest BCUT2D eigenvalue weighted by molar-refractivity contribution is 5.90. The van der Waals surface area contributed by atoms with Crippen LogP contribution >= 0.6 is 0 Å². The number of aromatic nitrogens is 3. The van der Waals surface area contributed by atoms with Crippen LogP contribution in [-0.4, -0.2) is 20.9 Å². The summed E-state index contributed by atoms with van der Waals surface area (Å²) in [5, 5.41) is 5.96. The van der Waals surface area contributed by atoms with Gasteiger partial charge in [0, 0.05) is 24.2 Å². The van der Waals surface area contributed by atoms with Crippen LogP contribution in [0.5, 0.6) is 0 Å². The third-order valence-corrected chi connectivity index (χ3v) is 3.95. The number of anilines is 4. The number of carbonyl (C=O) groups excluding carboxylic acids is 1. The standard InChI is InChI=1S/C20H22N6O/c1-2-14-8-10-16(11-9-14)22-18(27)13-12-17-24-19(21)26-20(25-17)23-15-6-4-3-5-7-15/h3-11H,2,12-13H2,1H3,(H,22,27)(H3,21,23,24,25,26). The maximum Gasteiger partial charge on any atom is 0.232 e. The summed E-state index contributed by atoms with van der Waals surface area (Å²) in [5.41, 5.74) is 8.62. The van der Waals surface area contributed by atoms with Crippen molar-refractivity contribution >= 4 is 29.2 Å². The van der Waals surface area contributed by atoms with E-state index in [0.717, 1.165) is 17.8 Å². The van der Waals surface area contributed by atoms with Crippen LogP contribution in [0, 0.1) is 0 Å². The lowest BCUT2D eigenvalue weighted by molar-refractivity contribution is -0.116. The Balaban J connectivity index is 1.59. The third kappa shape index (κ3) is 5.50. The topological polar surface area (TPSA) is 106 Å². The number of nitrogens with zero attached hydrogens (tertiary/aromatic N) is 3. The van der Waals surface area contributed by atoms with Gasteiger partial charge in [-0.25, -0.2) is 0 Å². The molecule has 3 rings (SSSR count).